The van der Waals surface area contributed by atoms with Crippen LogP contribution in [0.3, 0.4) is 0 Å². The summed E-state index contributed by atoms with van der Waals surface area (Å²) >= 11 is 0. The highest BCUT2D eigenvalue weighted by Crippen LogP contribution is 2.26. The Kier molecular flexibility index (Phi) is 6.27. The normalized spacial score (nSPS) is 20.4. The van der Waals surface area contributed by atoms with Crippen molar-refractivity contribution in [1.29, 1.82) is 0 Å². The molecule has 1 atom stereocenters. The van der Waals surface area contributed by atoms with Gasteiger partial charge in [-0.3, -0.25) is 10.1 Å². The van der Waals surface area contributed by atoms with E-state index >= 15 is 0 Å². The molecule has 0 spiro atoms. The van der Waals surface area contributed by atoms with Crippen LogP contribution in [0.1, 0.15) is 53.4 Å². The van der Waals surface area contributed by atoms with Gasteiger partial charge in [-0.15, -0.1) is 0 Å². The number of carboxylic acid groups (broad SMARTS) is 1. The molecule has 4 nitrogen and oxygen atoms in total. The summed E-state index contributed by atoms with van der Waals surface area (Å²) in [5, 5.41) is 13.0. The third kappa shape index (κ3) is 5.11. The predicted molar refractivity (Wildman–Crippen MR) is 76.3 cm³/mol. The highest BCUT2D eigenvalue weighted by molar-refractivity contribution is 5.78. The number of hydrogen-bond donors (Lipinski definition) is 2. The van der Waals surface area contributed by atoms with Crippen molar-refractivity contribution >= 4 is 5.97 Å². The molecule has 0 aliphatic carbocycles. The molecule has 2 N–H and O–H groups in total. The van der Waals surface area contributed by atoms with Crippen molar-refractivity contribution in [3.05, 3.63) is 0 Å². The highest BCUT2D eigenvalue weighted by Gasteiger charge is 2.39. The molecule has 4 heteroatoms. The Labute approximate surface area is 116 Å². The smallest absolute Gasteiger partial charge is 0.323 e. The van der Waals surface area contributed by atoms with Gasteiger partial charge in [-0.1, -0.05) is 27.7 Å². The summed E-state index contributed by atoms with van der Waals surface area (Å²) in [5.41, 5.74) is -0.811. The number of ether oxygens (including phenoxy) is 1. The van der Waals surface area contributed by atoms with Crippen molar-refractivity contribution in [1.82, 2.24) is 5.32 Å². The summed E-state index contributed by atoms with van der Waals surface area (Å²) in [6.45, 7) is 9.75. The number of rotatable bonds is 8. The van der Waals surface area contributed by atoms with Gasteiger partial charge < -0.3 is 9.84 Å². The number of carboxylic acids is 1. The Morgan fingerprint density at radius 1 is 1.32 bits per heavy atom. The molecule has 1 fully saturated rings. The van der Waals surface area contributed by atoms with Crippen molar-refractivity contribution in [3.63, 3.8) is 0 Å². The van der Waals surface area contributed by atoms with E-state index in [0.29, 0.717) is 31.2 Å². The lowest BCUT2D eigenvalue weighted by atomic mass is 9.81. The van der Waals surface area contributed by atoms with Crippen molar-refractivity contribution in [2.75, 3.05) is 13.2 Å². The van der Waals surface area contributed by atoms with E-state index in [1.54, 1.807) is 0 Å². The molecule has 0 amide bonds. The van der Waals surface area contributed by atoms with Crippen LogP contribution in [0, 0.1) is 11.8 Å². The quantitative estimate of drug-likeness (QED) is 0.712. The number of carbonyl (C=O) groups is 1. The van der Waals surface area contributed by atoms with Crippen LogP contribution < -0.4 is 5.32 Å². The molecule has 1 heterocycles. The summed E-state index contributed by atoms with van der Waals surface area (Å²) in [6, 6.07) is 0. The van der Waals surface area contributed by atoms with Crippen LogP contribution in [0.2, 0.25) is 0 Å². The number of hydrogen-bond acceptors (Lipinski definition) is 3. The van der Waals surface area contributed by atoms with Crippen molar-refractivity contribution in [2.45, 2.75) is 65.0 Å². The van der Waals surface area contributed by atoms with Crippen molar-refractivity contribution in [3.8, 4) is 0 Å². The molecule has 0 bridgehead atoms. The van der Waals surface area contributed by atoms with E-state index in [4.69, 9.17) is 4.74 Å². The van der Waals surface area contributed by atoms with E-state index in [1.165, 1.54) is 0 Å². The molecule has 0 aromatic rings. The lowest BCUT2D eigenvalue weighted by Gasteiger charge is -2.34. The molecule has 1 unspecified atom stereocenters. The number of aliphatic carboxylic acids is 1. The highest BCUT2D eigenvalue weighted by atomic mass is 16.5. The average molecular weight is 271 g/mol. The molecular weight excluding hydrogens is 242 g/mol. The average Bonchev–Trinajstić information content (AvgIpc) is 2.76. The molecule has 1 aliphatic heterocycles. The lowest BCUT2D eigenvalue weighted by Crippen LogP contribution is -2.55. The van der Waals surface area contributed by atoms with E-state index in [9.17, 15) is 9.90 Å². The second-order valence-electron chi connectivity index (χ2n) is 6.60. The first kappa shape index (κ1) is 16.4. The Morgan fingerprint density at radius 3 is 2.26 bits per heavy atom. The van der Waals surface area contributed by atoms with Crippen LogP contribution in [0.5, 0.6) is 0 Å². The molecule has 0 saturated carbocycles. The van der Waals surface area contributed by atoms with Gasteiger partial charge in [-0.2, -0.15) is 0 Å². The van der Waals surface area contributed by atoms with E-state index < -0.39 is 11.5 Å². The first-order valence-electron chi connectivity index (χ1n) is 7.46. The van der Waals surface area contributed by atoms with Gasteiger partial charge in [0.05, 0.1) is 6.10 Å². The number of nitrogens with one attached hydrogen (secondary N) is 1. The van der Waals surface area contributed by atoms with E-state index in [0.717, 1.165) is 19.4 Å². The first-order valence-corrected chi connectivity index (χ1v) is 7.46. The van der Waals surface area contributed by atoms with Crippen LogP contribution in [0.4, 0.5) is 0 Å². The van der Waals surface area contributed by atoms with Crippen LogP contribution in [-0.2, 0) is 9.53 Å². The molecule has 19 heavy (non-hydrogen) atoms. The zero-order valence-corrected chi connectivity index (χ0v) is 12.7. The summed E-state index contributed by atoms with van der Waals surface area (Å²) in [5.74, 6) is -0.0217. The minimum atomic E-state index is -0.811. The largest absolute Gasteiger partial charge is 0.480 e. The van der Waals surface area contributed by atoms with Gasteiger partial charge in [0.1, 0.15) is 5.54 Å². The Hall–Kier alpha value is -0.610. The van der Waals surface area contributed by atoms with Crippen LogP contribution in [-0.4, -0.2) is 35.9 Å². The van der Waals surface area contributed by atoms with Crippen LogP contribution in [0.15, 0.2) is 0 Å². The van der Waals surface area contributed by atoms with E-state index in [2.05, 4.69) is 33.0 Å². The molecule has 0 radical (unpaired) electrons. The minimum Gasteiger partial charge on any atom is -0.480 e. The summed E-state index contributed by atoms with van der Waals surface area (Å²) in [4.78, 5) is 11.8. The van der Waals surface area contributed by atoms with Gasteiger partial charge in [0, 0.05) is 13.2 Å². The van der Waals surface area contributed by atoms with Gasteiger partial charge in [0.15, 0.2) is 0 Å². The monoisotopic (exact) mass is 271 g/mol. The SMILES string of the molecule is CC(C)CC(CC(C)C)(NCC1CCCO1)C(=O)O. The van der Waals surface area contributed by atoms with Gasteiger partial charge in [0.25, 0.3) is 0 Å². The first-order chi connectivity index (χ1) is 8.85. The van der Waals surface area contributed by atoms with E-state index in [1.807, 2.05) is 0 Å². The zero-order valence-electron chi connectivity index (χ0n) is 12.7. The molecule has 112 valence electrons. The Bertz CT molecular complexity index is 273. The maximum Gasteiger partial charge on any atom is 0.323 e. The second-order valence-corrected chi connectivity index (χ2v) is 6.60. The zero-order chi connectivity index (χ0) is 14.5. The fraction of sp³-hybridized carbons (Fsp3) is 0.933. The topological polar surface area (TPSA) is 58.6 Å². The second kappa shape index (κ2) is 7.25. The molecular formula is C15H29NO3. The third-order valence-electron chi connectivity index (χ3n) is 3.61. The molecule has 1 aliphatic rings. The lowest BCUT2D eigenvalue weighted by molar-refractivity contribution is -0.146. The standard InChI is InChI=1S/C15H29NO3/c1-11(2)8-15(14(17)18,9-12(3)4)16-10-13-6-5-7-19-13/h11-13,16H,5-10H2,1-4H3,(H,17,18). The molecule has 1 rings (SSSR count). The summed E-state index contributed by atoms with van der Waals surface area (Å²) in [6.07, 6.45) is 3.62. The summed E-state index contributed by atoms with van der Waals surface area (Å²) < 4.78 is 5.58. The van der Waals surface area contributed by atoms with Crippen LogP contribution in [0.25, 0.3) is 0 Å². The Balaban J connectivity index is 2.71. The molecule has 1 saturated heterocycles. The Morgan fingerprint density at radius 2 is 1.89 bits per heavy atom. The maximum atomic E-state index is 11.8. The predicted octanol–water partition coefficient (Wildman–Crippen LogP) is 2.67. The minimum absolute atomic E-state index is 0.179. The fourth-order valence-corrected chi connectivity index (χ4v) is 2.99. The third-order valence-corrected chi connectivity index (χ3v) is 3.61. The van der Waals surface area contributed by atoms with Crippen molar-refractivity contribution < 1.29 is 14.6 Å². The molecule has 0 aromatic heterocycles. The fourth-order valence-electron chi connectivity index (χ4n) is 2.99. The van der Waals surface area contributed by atoms with Gasteiger partial charge in [-0.05, 0) is 37.5 Å². The van der Waals surface area contributed by atoms with Gasteiger partial charge in [-0.25, -0.2) is 0 Å². The van der Waals surface area contributed by atoms with Gasteiger partial charge >= 0.3 is 5.97 Å². The van der Waals surface area contributed by atoms with Crippen molar-refractivity contribution in [2.24, 2.45) is 11.8 Å². The maximum absolute atomic E-state index is 11.8. The van der Waals surface area contributed by atoms with Crippen LogP contribution >= 0.6 is 0 Å². The van der Waals surface area contributed by atoms with E-state index in [-0.39, 0.29) is 6.10 Å². The molecule has 0 aromatic carbocycles. The van der Waals surface area contributed by atoms with Gasteiger partial charge in [0.2, 0.25) is 0 Å². The summed E-state index contributed by atoms with van der Waals surface area (Å²) in [7, 11) is 0.